The molecule has 0 saturated heterocycles. The maximum Gasteiger partial charge on any atom is 0 e. The van der Waals surface area contributed by atoms with E-state index in [-0.39, 0.29) is 848 Å². The number of methoxy groups -OCH3 is 7. The van der Waals surface area contributed by atoms with Crippen LogP contribution in [0.3, 0.4) is 0 Å². The molecule has 2 atom stereocenters. The van der Waals surface area contributed by atoms with Crippen LogP contribution in [-0.4, -0.2) is 108 Å². The monoisotopic (exact) mass is 7830 g/mol. The van der Waals surface area contributed by atoms with Crippen molar-refractivity contribution in [3.63, 3.8) is 0 Å². The minimum Gasteiger partial charge on any atom is 0 e. The number of nitrogen functional groups attached to an aromatic ring is 3. The van der Waals surface area contributed by atoms with Crippen molar-refractivity contribution in [1.82, 2.24) is 58.6 Å². The second kappa shape index (κ2) is 115. The number of fused-ring (bicyclic) bond motifs is 3. The van der Waals surface area contributed by atoms with E-state index >= 15 is 0 Å². The number of hydrogen-bond donors (Lipinski definition) is 3. The number of benzene rings is 3. The van der Waals surface area contributed by atoms with Crippen molar-refractivity contribution >= 4 is 124 Å². The van der Waals surface area contributed by atoms with Crippen LogP contribution in [0.2, 0.25) is 5.02 Å². The zero-order valence-corrected chi connectivity index (χ0v) is 182. The van der Waals surface area contributed by atoms with E-state index in [2.05, 4.69) is 93.4 Å². The first-order valence-electron chi connectivity index (χ1n) is 25.8. The third-order valence-corrected chi connectivity index (χ3v) is 15.4. The average Bonchev–Trinajstić information content (AvgIpc) is 1.61. The van der Waals surface area contributed by atoms with Crippen molar-refractivity contribution in [3.8, 4) is 64.9 Å². The summed E-state index contributed by atoms with van der Waals surface area (Å²) in [6, 6.07) is 11.5. The minimum atomic E-state index is -2.03. The second-order valence-corrected chi connectivity index (χ2v) is 22.2. The smallest absolute Gasteiger partial charge is 0 e. The van der Waals surface area contributed by atoms with Crippen LogP contribution >= 0.6 is 73.4 Å². The predicted octanol–water partition coefficient (Wildman–Crippen LogP) is 11.5. The average molecular weight is 7840 g/mol. The number of nitrogens with zero attached hydrogens (tertiary/aromatic N) is 12. The van der Waals surface area contributed by atoms with E-state index in [9.17, 15) is 6.49 Å². The Balaban J connectivity index is -0.0000000424. The molecule has 0 amide bonds. The molecule has 576 valence electrons. The van der Waals surface area contributed by atoms with E-state index in [1.54, 1.807) is 50.8 Å². The molecule has 2 unspecified atom stereocenters. The number of anilines is 3. The number of aromatic nitrogens is 12. The quantitative estimate of drug-likeness (QED) is 0.0187. The summed E-state index contributed by atoms with van der Waals surface area (Å²) < 4.78 is 68.9. The third-order valence-electron chi connectivity index (χ3n) is 12.6. The van der Waals surface area contributed by atoms with Gasteiger partial charge in [-0.05, 0) is 89.4 Å². The molecule has 6 aromatic heterocycles. The largest absolute Gasteiger partial charge is 0 e. The number of rotatable bonds is 22. The first-order chi connectivity index (χ1) is 41.1. The summed E-state index contributed by atoms with van der Waals surface area (Å²) in [6.45, 7) is 4.18. The van der Waals surface area contributed by atoms with E-state index in [0.29, 0.717) is 117 Å². The van der Waals surface area contributed by atoms with Gasteiger partial charge in [0.05, 0.1) is 54.8 Å². The molecule has 6 heterocycles. The molecule has 0 aliphatic rings. The fourth-order valence-corrected chi connectivity index (χ4v) is 10.6. The molecule has 0 bridgehead atoms. The number of nitrogens with two attached hydrogens (primary N) is 3. The van der Waals surface area contributed by atoms with Gasteiger partial charge in [-0.1, -0.05) is 44.1 Å². The van der Waals surface area contributed by atoms with Crippen LogP contribution in [0.15, 0.2) is 59.1 Å². The molecular weight excluding hydrogens is 7760 g/mol. The zero-order chi connectivity index (χ0) is 61.7. The molecule has 114 heavy (non-hydrogen) atoms. The maximum atomic E-state index is 13.8. The van der Waals surface area contributed by atoms with E-state index < -0.39 is 33.2 Å². The van der Waals surface area contributed by atoms with Gasteiger partial charge in [0.1, 0.15) is 30.1 Å². The summed E-state index contributed by atoms with van der Waals surface area (Å²) in [6.07, 6.45) is 18.5. The van der Waals surface area contributed by atoms with Gasteiger partial charge in [-0.25, -0.2) is 34.9 Å². The maximum absolute atomic E-state index is 13.8. The van der Waals surface area contributed by atoms with E-state index in [1.165, 1.54) is 34.0 Å². The Hall–Kier alpha value is 21.2. The second-order valence-electron chi connectivity index (χ2n) is 17.8. The summed E-state index contributed by atoms with van der Waals surface area (Å²) in [5, 5.41) is 1.16. The van der Waals surface area contributed by atoms with Gasteiger partial charge < -0.3 is 64.1 Å². The topological polar surface area (TPSA) is 273 Å². The van der Waals surface area contributed by atoms with Crippen molar-refractivity contribution in [2.24, 2.45) is 0 Å². The molecular formula is C57H72Cl2F2IN15O7P2SU27. The van der Waals surface area contributed by atoms with Crippen LogP contribution in [0.4, 0.5) is 23.9 Å². The van der Waals surface area contributed by atoms with Gasteiger partial charge in [0.2, 0.25) is 11.5 Å². The van der Waals surface area contributed by atoms with Crippen molar-refractivity contribution in [2.75, 3.05) is 67.0 Å². The standard InChI is InChI=1S/C20H21ClFN5O3.C19H25N5O3.C17H16IN5OS.CH4.ClH.FH.2H3P.27U/c1-5-6-7-8-27-13(24-15-18(23)25-20(22)26-19(15)27)10-11-9-12(28-2)16(29-3)17(30-4)14(11)21;1-5-6-7-24-15(23-16-18(20)21-11-22-19(16)24)10-12-8-13(25-2)17(27-4)14(9-12)26-3;1-3-4-5-8-23-16-14(15(19)20-10-21-16)22-17(23)25-13-9-11(24-2)6-7-12(13)18;;;;;;;;;;;;;;;;;;;;;;;;;;;;;;;;/h1,9H,6-8,10H2,2-4H3,(H2,23,25,26);8-9,11H,5-7,10H2,1-4H3,(H2,20,21,22);1,6-7,9-10H,4-5,8H2,2H3,(H2,19,20,21);1H4;2*1H;2*1H3;;;;;;;;;;;;;;;;;;;;;;;;;;;/q;;;;;;;;;;;;;;;;;;;;;;;;;;;;;;;;;;+2/p-2. The first kappa shape index (κ1) is 197. The Kier molecular flexibility index (Phi) is 198. The third kappa shape index (κ3) is 64.4. The SMILES string of the molecule is C.C#CCCCn1c(Cc2cc(OC)c(OC)c(OC)c2Cl)nc2c(N)nc(F)nc21.C#CCCCn1c(Sc2cc(OC)ccc2I)nc2c(N)ncnc21.CCCCn1c(Cc2cc(OC)c(OC)c(OC)c2)nc2c(N)ncnc21.P.P.[F][U][Cl].[U].[U].[U].[U].[U].[U].[U].[U].[U].[U].[U].[U].[U].[U].[U].[U].[U].[U].[U].[U].[U].[U].[U].[U].[U].[U]. The summed E-state index contributed by atoms with van der Waals surface area (Å²) in [4.78, 5) is 39.3. The number of ether oxygens (including phenoxy) is 7. The number of aryl methyl sites for hydroxylation is 3. The number of hydrogen-bond acceptors (Lipinski definition) is 20. The van der Waals surface area contributed by atoms with Crippen molar-refractivity contribution in [3.05, 3.63) is 86.5 Å². The Morgan fingerprint density at radius 3 is 1.29 bits per heavy atom. The first-order valence-corrected chi connectivity index (χ1v) is 34.8. The van der Waals surface area contributed by atoms with Gasteiger partial charge in [-0.3, -0.25) is 0 Å². The normalized spacial score (nSPS) is 7.89. The van der Waals surface area contributed by atoms with E-state index in [1.807, 2.05) is 34.9 Å². The summed E-state index contributed by atoms with van der Waals surface area (Å²) in [5.41, 5.74) is 22.9. The Morgan fingerprint density at radius 2 is 0.877 bits per heavy atom. The molecule has 0 spiro atoms. The Morgan fingerprint density at radius 1 is 0.491 bits per heavy atom. The fraction of sp³-hybridized carbons (Fsp3) is 0.351. The van der Waals surface area contributed by atoms with E-state index in [4.69, 9.17) is 79.8 Å². The molecule has 0 aliphatic heterocycles. The molecule has 9 aromatic rings. The van der Waals surface area contributed by atoms with Gasteiger partial charge in [0.25, 0.3) is 0 Å². The molecule has 0 saturated carbocycles. The molecule has 0 fully saturated rings. The number of terminal acetylenes is 2. The van der Waals surface area contributed by atoms with Gasteiger partial charge in [-0.15, -0.1) is 24.7 Å². The summed E-state index contributed by atoms with van der Waals surface area (Å²) in [7, 11) is 15.5. The van der Waals surface area contributed by atoms with E-state index in [0.717, 1.165) is 74.4 Å². The van der Waals surface area contributed by atoms with Gasteiger partial charge >= 0.3 is 42.9 Å². The van der Waals surface area contributed by atoms with Gasteiger partial charge in [-0.2, -0.15) is 34.2 Å². The molecule has 6 N–H and O–H groups in total. The molecule has 0 aliphatic carbocycles. The zero-order valence-electron chi connectivity index (χ0n) is 62.2. The molecule has 3 aromatic carbocycles. The Labute approximate surface area is 1340 Å². The van der Waals surface area contributed by atoms with Gasteiger partial charge in [0, 0.05) is 863 Å². The minimum absolute atomic E-state index is 0. The van der Waals surface area contributed by atoms with Crippen molar-refractivity contribution in [1.29, 1.82) is 0 Å². The molecule has 9 rings (SSSR count). The van der Waals surface area contributed by atoms with Crippen LogP contribution in [-0.2, 0) is 32.5 Å². The number of unbranched alkanes of at least 4 members (excludes halogenated alkanes) is 3. The number of halogens is 5. The Bertz CT molecular complexity index is 3900. The van der Waals surface area contributed by atoms with Crippen LogP contribution in [0.5, 0.6) is 40.2 Å². The molecule has 22 nitrogen and oxygen atoms in total. The molecule has 57 heteroatoms. The fourth-order valence-electron chi connectivity index (χ4n) is 8.66. The van der Waals surface area contributed by atoms with Crippen LogP contribution in [0.1, 0.15) is 75.7 Å². The van der Waals surface area contributed by atoms with Crippen molar-refractivity contribution in [2.45, 2.75) is 95.4 Å². The van der Waals surface area contributed by atoms with Crippen LogP contribution in [0.25, 0.3) is 33.5 Å². The van der Waals surface area contributed by atoms with Crippen molar-refractivity contribution < 1.29 is 876 Å². The van der Waals surface area contributed by atoms with Crippen LogP contribution in [0, 0.1) is 870 Å². The molecule has 0 radical (unpaired) electrons. The van der Waals surface area contributed by atoms with Gasteiger partial charge in [0.15, 0.2) is 79.1 Å². The summed E-state index contributed by atoms with van der Waals surface area (Å²) in [5.74, 6) is 11.2. The summed E-state index contributed by atoms with van der Waals surface area (Å²) >= 11 is 8.39. The number of imidazole rings is 3. The van der Waals surface area contributed by atoms with Crippen LogP contribution < -0.4 is 50.4 Å². The predicted molar refractivity (Wildman–Crippen MR) is 359 cm³/mol.